The number of anilines is 2. The topological polar surface area (TPSA) is 28.2 Å². The first-order chi connectivity index (χ1) is 9.76. The Bertz CT molecular complexity index is 446. The zero-order chi connectivity index (χ0) is 13.9. The first-order valence-corrected chi connectivity index (χ1v) is 8.17. The predicted molar refractivity (Wildman–Crippen MR) is 85.2 cm³/mol. The average Bonchev–Trinajstić information content (AvgIpc) is 3.08. The van der Waals surface area contributed by atoms with Crippen LogP contribution in [-0.4, -0.2) is 25.1 Å². The molecule has 0 amide bonds. The summed E-state index contributed by atoms with van der Waals surface area (Å²) in [5.41, 5.74) is 1.29. The first-order valence-electron chi connectivity index (χ1n) is 8.17. The van der Waals surface area contributed by atoms with Gasteiger partial charge < -0.3 is 10.2 Å². The van der Waals surface area contributed by atoms with Crippen LogP contribution in [0, 0.1) is 17.8 Å². The highest BCUT2D eigenvalue weighted by molar-refractivity contribution is 5.53. The average molecular weight is 273 g/mol. The number of rotatable bonds is 6. The maximum atomic E-state index is 4.39. The first kappa shape index (κ1) is 13.7. The van der Waals surface area contributed by atoms with Crippen molar-refractivity contribution in [3.05, 3.63) is 18.3 Å². The van der Waals surface area contributed by atoms with Crippen molar-refractivity contribution in [1.82, 2.24) is 4.98 Å². The SMILES string of the molecule is CCCNc1cc(N(C)CC2CC3CCC2C3)ccn1. The van der Waals surface area contributed by atoms with Crippen LogP contribution in [0.3, 0.4) is 0 Å². The molecule has 3 nitrogen and oxygen atoms in total. The van der Waals surface area contributed by atoms with Crippen molar-refractivity contribution in [3.63, 3.8) is 0 Å². The summed E-state index contributed by atoms with van der Waals surface area (Å²) in [6.45, 7) is 4.38. The summed E-state index contributed by atoms with van der Waals surface area (Å²) in [4.78, 5) is 6.81. The van der Waals surface area contributed by atoms with Crippen molar-refractivity contribution in [2.24, 2.45) is 17.8 Å². The van der Waals surface area contributed by atoms with E-state index < -0.39 is 0 Å². The molecule has 2 aliphatic rings. The van der Waals surface area contributed by atoms with Gasteiger partial charge >= 0.3 is 0 Å². The van der Waals surface area contributed by atoms with Crippen LogP contribution in [0.1, 0.15) is 39.0 Å². The molecule has 0 spiro atoms. The van der Waals surface area contributed by atoms with Gasteiger partial charge in [0.05, 0.1) is 0 Å². The number of nitrogens with one attached hydrogen (secondary N) is 1. The molecular weight excluding hydrogens is 246 g/mol. The molecule has 1 aromatic heterocycles. The molecule has 0 radical (unpaired) electrons. The van der Waals surface area contributed by atoms with Crippen LogP contribution in [0.4, 0.5) is 11.5 Å². The van der Waals surface area contributed by atoms with E-state index in [1.54, 1.807) is 0 Å². The highest BCUT2D eigenvalue weighted by atomic mass is 15.1. The third kappa shape index (κ3) is 2.92. The van der Waals surface area contributed by atoms with Crippen molar-refractivity contribution < 1.29 is 0 Å². The van der Waals surface area contributed by atoms with Gasteiger partial charge in [0.25, 0.3) is 0 Å². The molecule has 1 heterocycles. The Balaban J connectivity index is 1.60. The van der Waals surface area contributed by atoms with E-state index in [4.69, 9.17) is 0 Å². The monoisotopic (exact) mass is 273 g/mol. The minimum Gasteiger partial charge on any atom is -0.374 e. The van der Waals surface area contributed by atoms with Gasteiger partial charge in [-0.05, 0) is 49.5 Å². The number of aromatic nitrogens is 1. The van der Waals surface area contributed by atoms with Gasteiger partial charge in [-0.3, -0.25) is 0 Å². The van der Waals surface area contributed by atoms with Gasteiger partial charge in [0.1, 0.15) is 5.82 Å². The molecule has 3 atom stereocenters. The third-order valence-corrected chi connectivity index (χ3v) is 5.13. The lowest BCUT2D eigenvalue weighted by atomic mass is 9.88. The van der Waals surface area contributed by atoms with Gasteiger partial charge in [-0.25, -0.2) is 4.98 Å². The zero-order valence-corrected chi connectivity index (χ0v) is 12.8. The van der Waals surface area contributed by atoms with E-state index in [9.17, 15) is 0 Å². The van der Waals surface area contributed by atoms with E-state index in [0.717, 1.165) is 36.5 Å². The molecule has 0 saturated heterocycles. The van der Waals surface area contributed by atoms with E-state index in [1.807, 2.05) is 6.20 Å². The normalized spacial score (nSPS) is 27.8. The van der Waals surface area contributed by atoms with E-state index in [0.29, 0.717) is 0 Å². The predicted octanol–water partition coefficient (Wildman–Crippen LogP) is 3.78. The zero-order valence-electron chi connectivity index (χ0n) is 12.8. The molecule has 2 aliphatic carbocycles. The molecule has 1 aromatic rings. The summed E-state index contributed by atoms with van der Waals surface area (Å²) in [5, 5.41) is 3.37. The van der Waals surface area contributed by atoms with E-state index >= 15 is 0 Å². The number of hydrogen-bond donors (Lipinski definition) is 1. The molecule has 0 aliphatic heterocycles. The summed E-state index contributed by atoms with van der Waals surface area (Å²) in [5.74, 6) is 3.96. The lowest BCUT2D eigenvalue weighted by Gasteiger charge is -2.28. The van der Waals surface area contributed by atoms with Gasteiger partial charge in [-0.15, -0.1) is 0 Å². The summed E-state index contributed by atoms with van der Waals surface area (Å²) in [6.07, 6.45) is 8.98. The van der Waals surface area contributed by atoms with Crippen molar-refractivity contribution in [3.8, 4) is 0 Å². The van der Waals surface area contributed by atoms with Gasteiger partial charge in [0.2, 0.25) is 0 Å². The van der Waals surface area contributed by atoms with Crippen LogP contribution in [0.2, 0.25) is 0 Å². The van der Waals surface area contributed by atoms with Crippen LogP contribution in [-0.2, 0) is 0 Å². The lowest BCUT2D eigenvalue weighted by molar-refractivity contribution is 0.337. The molecule has 3 heteroatoms. The summed E-state index contributed by atoms with van der Waals surface area (Å²) in [6, 6.07) is 4.31. The molecule has 2 bridgehead atoms. The molecule has 110 valence electrons. The lowest BCUT2D eigenvalue weighted by Crippen LogP contribution is -2.28. The Morgan fingerprint density at radius 3 is 2.95 bits per heavy atom. The van der Waals surface area contributed by atoms with Crippen LogP contribution >= 0.6 is 0 Å². The Labute approximate surface area is 122 Å². The van der Waals surface area contributed by atoms with Crippen LogP contribution < -0.4 is 10.2 Å². The fourth-order valence-corrected chi connectivity index (χ4v) is 4.06. The molecular formula is C17H27N3. The summed E-state index contributed by atoms with van der Waals surface area (Å²) in [7, 11) is 2.23. The largest absolute Gasteiger partial charge is 0.374 e. The Morgan fingerprint density at radius 2 is 2.25 bits per heavy atom. The fraction of sp³-hybridized carbons (Fsp3) is 0.706. The van der Waals surface area contributed by atoms with Gasteiger partial charge in [-0.1, -0.05) is 13.3 Å². The van der Waals surface area contributed by atoms with Crippen molar-refractivity contribution >= 4 is 11.5 Å². The number of pyridine rings is 1. The minimum absolute atomic E-state index is 0.916. The Kier molecular flexibility index (Phi) is 4.13. The molecule has 20 heavy (non-hydrogen) atoms. The quantitative estimate of drug-likeness (QED) is 0.855. The van der Waals surface area contributed by atoms with E-state index in [2.05, 4.69) is 41.3 Å². The van der Waals surface area contributed by atoms with E-state index in [-0.39, 0.29) is 0 Å². The second kappa shape index (κ2) is 6.02. The van der Waals surface area contributed by atoms with Gasteiger partial charge in [0, 0.05) is 38.1 Å². The molecule has 3 rings (SSSR count). The maximum absolute atomic E-state index is 4.39. The van der Waals surface area contributed by atoms with Crippen LogP contribution in [0.15, 0.2) is 18.3 Å². The summed E-state index contributed by atoms with van der Waals surface area (Å²) < 4.78 is 0. The highest BCUT2D eigenvalue weighted by Gasteiger charge is 2.39. The molecule has 0 aromatic carbocycles. The van der Waals surface area contributed by atoms with E-state index in [1.165, 1.54) is 37.9 Å². The fourth-order valence-electron chi connectivity index (χ4n) is 4.06. The standard InChI is InChI=1S/C17H27N3/c1-3-7-18-17-11-16(6-8-19-17)20(2)12-15-10-13-4-5-14(15)9-13/h6,8,11,13-15H,3-5,7,9-10,12H2,1-2H3,(H,18,19). The van der Waals surface area contributed by atoms with Crippen molar-refractivity contribution in [2.45, 2.75) is 39.0 Å². The Morgan fingerprint density at radius 1 is 1.35 bits per heavy atom. The molecule has 3 unspecified atom stereocenters. The number of nitrogens with zero attached hydrogens (tertiary/aromatic N) is 2. The maximum Gasteiger partial charge on any atom is 0.127 e. The van der Waals surface area contributed by atoms with Gasteiger partial charge in [-0.2, -0.15) is 0 Å². The van der Waals surface area contributed by atoms with Crippen molar-refractivity contribution in [2.75, 3.05) is 30.4 Å². The van der Waals surface area contributed by atoms with Crippen LogP contribution in [0.5, 0.6) is 0 Å². The van der Waals surface area contributed by atoms with Gasteiger partial charge in [0.15, 0.2) is 0 Å². The second-order valence-electron chi connectivity index (χ2n) is 6.64. The molecule has 1 N–H and O–H groups in total. The van der Waals surface area contributed by atoms with Crippen molar-refractivity contribution in [1.29, 1.82) is 0 Å². The number of fused-ring (bicyclic) bond motifs is 2. The smallest absolute Gasteiger partial charge is 0.127 e. The summed E-state index contributed by atoms with van der Waals surface area (Å²) >= 11 is 0. The second-order valence-corrected chi connectivity index (χ2v) is 6.64. The molecule has 2 saturated carbocycles. The third-order valence-electron chi connectivity index (χ3n) is 5.13. The number of hydrogen-bond acceptors (Lipinski definition) is 3. The Hall–Kier alpha value is -1.25. The minimum atomic E-state index is 0.916. The molecule has 2 fully saturated rings. The van der Waals surface area contributed by atoms with Crippen LogP contribution in [0.25, 0.3) is 0 Å². The highest BCUT2D eigenvalue weighted by Crippen LogP contribution is 2.48.